The molecular weight excluding hydrogens is 434 g/mol. The van der Waals surface area contributed by atoms with Crippen LogP contribution < -0.4 is 10.5 Å². The first kappa shape index (κ1) is 23.2. The first-order valence-corrected chi connectivity index (χ1v) is 11.0. The maximum absolute atomic E-state index is 11.2. The maximum atomic E-state index is 11.2. The highest BCUT2D eigenvalue weighted by Gasteiger charge is 2.32. The lowest BCUT2D eigenvalue weighted by Crippen LogP contribution is -2.51. The van der Waals surface area contributed by atoms with Crippen molar-refractivity contribution in [2.45, 2.75) is 34.8 Å². The molecule has 0 saturated carbocycles. The van der Waals surface area contributed by atoms with Gasteiger partial charge in [-0.25, -0.2) is 0 Å². The zero-order chi connectivity index (χ0) is 22.3. The second-order valence-corrected chi connectivity index (χ2v) is 8.78. The molecule has 0 radical (unpaired) electrons. The van der Waals surface area contributed by atoms with E-state index in [9.17, 15) is 15.0 Å². The molecule has 1 unspecified atom stereocenters. The molecule has 0 aliphatic carbocycles. The van der Waals surface area contributed by atoms with Crippen molar-refractivity contribution in [3.05, 3.63) is 88.9 Å². The van der Waals surface area contributed by atoms with Crippen LogP contribution >= 0.6 is 23.4 Å². The van der Waals surface area contributed by atoms with Crippen molar-refractivity contribution in [1.82, 2.24) is 0 Å². The summed E-state index contributed by atoms with van der Waals surface area (Å²) in [4.78, 5) is 13.2. The number of benzene rings is 3. The molecule has 3 rings (SSSR count). The van der Waals surface area contributed by atoms with E-state index in [1.165, 1.54) is 0 Å². The summed E-state index contributed by atoms with van der Waals surface area (Å²) < 4.78 is 5.89. The van der Waals surface area contributed by atoms with Crippen LogP contribution in [0.2, 0.25) is 5.02 Å². The Morgan fingerprint density at radius 3 is 2.45 bits per heavy atom. The average Bonchev–Trinajstić information content (AvgIpc) is 2.78. The average molecular weight is 458 g/mol. The quantitative estimate of drug-likeness (QED) is 0.406. The van der Waals surface area contributed by atoms with E-state index >= 15 is 0 Å². The van der Waals surface area contributed by atoms with Gasteiger partial charge in [-0.1, -0.05) is 65.8 Å². The molecule has 5 nitrogen and oxygen atoms in total. The van der Waals surface area contributed by atoms with Crippen molar-refractivity contribution in [2.24, 2.45) is 5.73 Å². The van der Waals surface area contributed by atoms with Gasteiger partial charge in [-0.2, -0.15) is 0 Å². The van der Waals surface area contributed by atoms with E-state index in [0.717, 1.165) is 26.7 Å². The third-order valence-corrected chi connectivity index (χ3v) is 6.19. The number of aliphatic hydroxyl groups is 1. The number of nitrogens with two attached hydrogens (primary N) is 1. The van der Waals surface area contributed by atoms with Gasteiger partial charge in [-0.3, -0.25) is 4.79 Å². The summed E-state index contributed by atoms with van der Waals surface area (Å²) >= 11 is 7.96. The molecule has 0 aliphatic rings. The Labute approximate surface area is 190 Å². The number of aliphatic carboxylic acids is 1. The van der Waals surface area contributed by atoms with E-state index in [4.69, 9.17) is 22.1 Å². The predicted molar refractivity (Wildman–Crippen MR) is 123 cm³/mol. The Kier molecular flexibility index (Phi) is 7.98. The number of carboxylic acid groups (broad SMARTS) is 1. The van der Waals surface area contributed by atoms with Gasteiger partial charge in [0.25, 0.3) is 0 Å². The first-order valence-electron chi connectivity index (χ1n) is 9.76. The Hall–Kier alpha value is -2.51. The van der Waals surface area contributed by atoms with Gasteiger partial charge in [0.2, 0.25) is 0 Å². The normalized spacial score (nSPS) is 12.9. The fourth-order valence-electron chi connectivity index (χ4n) is 2.91. The number of hydrogen-bond acceptors (Lipinski definition) is 5. The molecule has 0 aromatic heterocycles. The van der Waals surface area contributed by atoms with E-state index < -0.39 is 18.1 Å². The highest BCUT2D eigenvalue weighted by Crippen LogP contribution is 2.33. The van der Waals surface area contributed by atoms with Crippen molar-refractivity contribution in [1.29, 1.82) is 0 Å². The topological polar surface area (TPSA) is 92.8 Å². The van der Waals surface area contributed by atoms with Gasteiger partial charge >= 0.3 is 5.97 Å². The van der Waals surface area contributed by atoms with Gasteiger partial charge < -0.3 is 20.7 Å². The molecule has 3 aromatic carbocycles. The molecule has 4 N–H and O–H groups in total. The highest BCUT2D eigenvalue weighted by molar-refractivity contribution is 7.99. The van der Waals surface area contributed by atoms with Crippen molar-refractivity contribution < 1.29 is 19.7 Å². The van der Waals surface area contributed by atoms with Crippen molar-refractivity contribution in [2.75, 3.05) is 6.61 Å². The van der Waals surface area contributed by atoms with E-state index in [1.54, 1.807) is 11.8 Å². The summed E-state index contributed by atoms with van der Waals surface area (Å²) in [6.45, 7) is -0.126. The van der Waals surface area contributed by atoms with Crippen LogP contribution in [-0.2, 0) is 17.8 Å². The fraction of sp³-hybridized carbons (Fsp3) is 0.208. The summed E-state index contributed by atoms with van der Waals surface area (Å²) in [5.74, 6) is -0.443. The lowest BCUT2D eigenvalue weighted by molar-refractivity contribution is -0.145. The third kappa shape index (κ3) is 6.48. The lowest BCUT2D eigenvalue weighted by Gasteiger charge is -2.22. The maximum Gasteiger partial charge on any atom is 0.326 e. The molecule has 0 aliphatic heterocycles. The van der Waals surface area contributed by atoms with Crippen molar-refractivity contribution in [3.63, 3.8) is 0 Å². The van der Waals surface area contributed by atoms with Crippen LogP contribution in [0.15, 0.2) is 82.6 Å². The van der Waals surface area contributed by atoms with E-state index in [1.807, 2.05) is 72.8 Å². The van der Waals surface area contributed by atoms with Crippen LogP contribution in [0.5, 0.6) is 5.75 Å². The Morgan fingerprint density at radius 2 is 1.77 bits per heavy atom. The fourth-order valence-corrected chi connectivity index (χ4v) is 4.16. The molecular formula is C24H24ClNO4S. The van der Waals surface area contributed by atoms with E-state index in [-0.39, 0.29) is 6.42 Å². The summed E-state index contributed by atoms with van der Waals surface area (Å²) in [6.07, 6.45) is 0.446. The molecule has 0 saturated heterocycles. The number of halogens is 1. The largest absolute Gasteiger partial charge is 0.489 e. The van der Waals surface area contributed by atoms with Gasteiger partial charge in [0.05, 0.1) is 6.61 Å². The van der Waals surface area contributed by atoms with Gasteiger partial charge in [0, 0.05) is 14.8 Å². The minimum absolute atomic E-state index is 0.0891. The van der Waals surface area contributed by atoms with Crippen LogP contribution in [-0.4, -0.2) is 28.3 Å². The van der Waals surface area contributed by atoms with Gasteiger partial charge in [0.1, 0.15) is 17.9 Å². The second kappa shape index (κ2) is 10.7. The van der Waals surface area contributed by atoms with Crippen molar-refractivity contribution in [3.8, 4) is 5.75 Å². The molecule has 162 valence electrons. The third-order valence-electron chi connectivity index (χ3n) is 4.86. The number of rotatable bonds is 10. The van der Waals surface area contributed by atoms with Crippen LogP contribution in [0.4, 0.5) is 0 Å². The summed E-state index contributed by atoms with van der Waals surface area (Å²) in [6, 6.07) is 23.5. The summed E-state index contributed by atoms with van der Waals surface area (Å²) in [5.41, 5.74) is 5.96. The zero-order valence-electron chi connectivity index (χ0n) is 16.8. The highest BCUT2D eigenvalue weighted by atomic mass is 35.5. The van der Waals surface area contributed by atoms with Crippen molar-refractivity contribution >= 4 is 29.3 Å². The van der Waals surface area contributed by atoms with Crippen LogP contribution in [0.25, 0.3) is 0 Å². The SMILES string of the molecule is NC(CO)(CCc1ccc(Sc2cccc(OCc3ccccc3)c2)cc1Cl)C(=O)O. The van der Waals surface area contributed by atoms with Crippen LogP contribution in [0.1, 0.15) is 17.5 Å². The molecule has 0 bridgehead atoms. The number of hydrogen-bond donors (Lipinski definition) is 3. The van der Waals surface area contributed by atoms with Crippen LogP contribution in [0.3, 0.4) is 0 Å². The molecule has 0 heterocycles. The molecule has 0 fully saturated rings. The molecule has 7 heteroatoms. The molecule has 3 aromatic rings. The van der Waals surface area contributed by atoms with Gasteiger partial charge in [0.15, 0.2) is 0 Å². The Bertz CT molecular complexity index is 1030. The number of ether oxygens (including phenoxy) is 1. The van der Waals surface area contributed by atoms with E-state index in [2.05, 4.69) is 0 Å². The second-order valence-electron chi connectivity index (χ2n) is 7.22. The number of aliphatic hydroxyl groups excluding tert-OH is 1. The van der Waals surface area contributed by atoms with Crippen LogP contribution in [0, 0.1) is 0 Å². The monoisotopic (exact) mass is 457 g/mol. The first-order chi connectivity index (χ1) is 14.9. The van der Waals surface area contributed by atoms with Gasteiger partial charge in [-0.05, 0) is 54.3 Å². The molecule has 31 heavy (non-hydrogen) atoms. The Morgan fingerprint density at radius 1 is 1.03 bits per heavy atom. The Balaban J connectivity index is 1.62. The van der Waals surface area contributed by atoms with E-state index in [0.29, 0.717) is 18.1 Å². The minimum Gasteiger partial charge on any atom is -0.489 e. The molecule has 0 spiro atoms. The smallest absolute Gasteiger partial charge is 0.326 e. The lowest BCUT2D eigenvalue weighted by atomic mass is 9.93. The number of carboxylic acids is 1. The molecule has 0 amide bonds. The summed E-state index contributed by atoms with van der Waals surface area (Å²) in [7, 11) is 0. The standard InChI is InChI=1S/C24H24ClNO4S/c25-22-14-21(10-9-18(22)11-12-24(26,16-27)23(28)29)31-20-8-4-7-19(13-20)30-15-17-5-2-1-3-6-17/h1-10,13-14,27H,11-12,15-16,26H2,(H,28,29). The number of aryl methyl sites for hydroxylation is 1. The predicted octanol–water partition coefficient (Wildman–Crippen LogP) is 4.78. The summed E-state index contributed by atoms with van der Waals surface area (Å²) in [5, 5.41) is 19.0. The zero-order valence-corrected chi connectivity index (χ0v) is 18.4. The van der Waals surface area contributed by atoms with Gasteiger partial charge in [-0.15, -0.1) is 0 Å². The number of carbonyl (C=O) groups is 1. The molecule has 1 atom stereocenters. The minimum atomic E-state index is -1.67.